The number of carbonyl (C=O) groups is 2. The Bertz CT molecular complexity index is 455. The Morgan fingerprint density at radius 2 is 2.00 bits per heavy atom. The molecule has 0 aromatic heterocycles. The van der Waals surface area contributed by atoms with Crippen LogP contribution in [0.1, 0.15) is 25.7 Å². The molecule has 2 aliphatic rings. The number of halogens is 3. The lowest BCUT2D eigenvalue weighted by Crippen LogP contribution is -2.62. The third-order valence-corrected chi connectivity index (χ3v) is 3.82. The number of amides is 2. The fraction of sp³-hybridized carbons (Fsp3) is 0.667. The van der Waals surface area contributed by atoms with Gasteiger partial charge in [0.05, 0.1) is 0 Å². The number of carboxylic acid groups (broad SMARTS) is 1. The zero-order valence-corrected chi connectivity index (χ0v) is 10.7. The number of carboxylic acids is 1. The van der Waals surface area contributed by atoms with Crippen molar-refractivity contribution in [2.75, 3.05) is 13.1 Å². The van der Waals surface area contributed by atoms with Gasteiger partial charge in [-0.25, -0.2) is 9.59 Å². The van der Waals surface area contributed by atoms with E-state index in [1.807, 2.05) is 0 Å². The number of urea groups is 1. The SMILES string of the molecule is O=C(NC1(C(=O)O)CCC1)N1CC=C(C(F)(F)F)CC1. The third kappa shape index (κ3) is 2.73. The molecule has 0 aromatic carbocycles. The second-order valence-electron chi connectivity index (χ2n) is 5.09. The average Bonchev–Trinajstić information content (AvgIpc) is 2.32. The number of hydrogen-bond donors (Lipinski definition) is 2. The van der Waals surface area contributed by atoms with E-state index in [-0.39, 0.29) is 19.5 Å². The van der Waals surface area contributed by atoms with E-state index in [1.165, 1.54) is 4.90 Å². The molecule has 0 radical (unpaired) electrons. The van der Waals surface area contributed by atoms with Gasteiger partial charge in [-0.2, -0.15) is 13.2 Å². The van der Waals surface area contributed by atoms with Crippen molar-refractivity contribution in [1.29, 1.82) is 0 Å². The van der Waals surface area contributed by atoms with Gasteiger partial charge in [0.15, 0.2) is 0 Å². The molecule has 2 rings (SSSR count). The van der Waals surface area contributed by atoms with Crippen molar-refractivity contribution in [2.45, 2.75) is 37.4 Å². The van der Waals surface area contributed by atoms with Crippen molar-refractivity contribution in [3.05, 3.63) is 11.6 Å². The van der Waals surface area contributed by atoms with Crippen molar-refractivity contribution >= 4 is 12.0 Å². The van der Waals surface area contributed by atoms with Gasteiger partial charge in [0.2, 0.25) is 0 Å². The zero-order valence-electron chi connectivity index (χ0n) is 10.7. The molecule has 1 saturated carbocycles. The smallest absolute Gasteiger partial charge is 0.412 e. The molecule has 1 aliphatic heterocycles. The maximum atomic E-state index is 12.4. The van der Waals surface area contributed by atoms with Crippen LogP contribution in [0.4, 0.5) is 18.0 Å². The number of carbonyl (C=O) groups excluding carboxylic acids is 1. The van der Waals surface area contributed by atoms with Crippen molar-refractivity contribution < 1.29 is 27.9 Å². The summed E-state index contributed by atoms with van der Waals surface area (Å²) >= 11 is 0. The molecule has 0 saturated heterocycles. The van der Waals surface area contributed by atoms with E-state index in [2.05, 4.69) is 5.32 Å². The standard InChI is InChI=1S/C12H15F3N2O3/c13-12(14,15)8-2-6-17(7-3-8)10(20)16-11(9(18)19)4-1-5-11/h2H,1,3-7H2,(H,16,20)(H,18,19). The molecular weight excluding hydrogens is 277 g/mol. The summed E-state index contributed by atoms with van der Waals surface area (Å²) in [5.74, 6) is -1.10. The quantitative estimate of drug-likeness (QED) is 0.764. The zero-order chi connectivity index (χ0) is 15.0. The summed E-state index contributed by atoms with van der Waals surface area (Å²) in [4.78, 5) is 24.2. The molecule has 0 unspecified atom stereocenters. The summed E-state index contributed by atoms with van der Waals surface area (Å²) in [6, 6.07) is -0.621. The van der Waals surface area contributed by atoms with E-state index in [0.717, 1.165) is 6.08 Å². The second kappa shape index (κ2) is 4.99. The molecule has 2 amide bonds. The van der Waals surface area contributed by atoms with Crippen LogP contribution in [0.25, 0.3) is 0 Å². The van der Waals surface area contributed by atoms with Gasteiger partial charge in [-0.15, -0.1) is 0 Å². The highest BCUT2D eigenvalue weighted by Gasteiger charge is 2.46. The van der Waals surface area contributed by atoms with Crippen LogP contribution in [0.3, 0.4) is 0 Å². The van der Waals surface area contributed by atoms with Gasteiger partial charge in [0.25, 0.3) is 0 Å². The molecule has 2 N–H and O–H groups in total. The minimum atomic E-state index is -4.36. The summed E-state index contributed by atoms with van der Waals surface area (Å²) in [6.45, 7) is -0.219. The number of alkyl halides is 3. The van der Waals surface area contributed by atoms with Crippen LogP contribution in [0, 0.1) is 0 Å². The normalized spacial score (nSPS) is 21.8. The molecule has 112 valence electrons. The predicted molar refractivity (Wildman–Crippen MR) is 63.1 cm³/mol. The van der Waals surface area contributed by atoms with Crippen LogP contribution in [0.15, 0.2) is 11.6 Å². The summed E-state index contributed by atoms with van der Waals surface area (Å²) < 4.78 is 37.3. The van der Waals surface area contributed by atoms with Gasteiger partial charge in [0.1, 0.15) is 5.54 Å². The highest BCUT2D eigenvalue weighted by molar-refractivity contribution is 5.87. The lowest BCUT2D eigenvalue weighted by molar-refractivity contribution is -0.148. The van der Waals surface area contributed by atoms with E-state index < -0.39 is 29.3 Å². The number of aliphatic carboxylic acids is 1. The monoisotopic (exact) mass is 292 g/mol. The van der Waals surface area contributed by atoms with Crippen molar-refractivity contribution in [3.8, 4) is 0 Å². The van der Waals surface area contributed by atoms with Gasteiger partial charge in [0, 0.05) is 18.7 Å². The second-order valence-corrected chi connectivity index (χ2v) is 5.09. The summed E-state index contributed by atoms with van der Waals surface area (Å²) in [5, 5.41) is 11.5. The van der Waals surface area contributed by atoms with Gasteiger partial charge in [-0.3, -0.25) is 0 Å². The highest BCUT2D eigenvalue weighted by Crippen LogP contribution is 2.33. The van der Waals surface area contributed by atoms with E-state index >= 15 is 0 Å². The molecule has 20 heavy (non-hydrogen) atoms. The molecule has 1 fully saturated rings. The number of nitrogens with zero attached hydrogens (tertiary/aromatic N) is 1. The first kappa shape index (κ1) is 14.7. The Morgan fingerprint density at radius 3 is 2.35 bits per heavy atom. The Kier molecular flexibility index (Phi) is 3.66. The number of rotatable bonds is 2. The molecule has 0 atom stereocenters. The molecule has 5 nitrogen and oxygen atoms in total. The topological polar surface area (TPSA) is 69.6 Å². The highest BCUT2D eigenvalue weighted by atomic mass is 19.4. The average molecular weight is 292 g/mol. The lowest BCUT2D eigenvalue weighted by Gasteiger charge is -2.40. The van der Waals surface area contributed by atoms with E-state index in [1.54, 1.807) is 0 Å². The number of hydrogen-bond acceptors (Lipinski definition) is 2. The Morgan fingerprint density at radius 1 is 1.35 bits per heavy atom. The predicted octanol–water partition coefficient (Wildman–Crippen LogP) is 1.90. The summed E-state index contributed by atoms with van der Waals surface area (Å²) in [6.07, 6.45) is -2.24. The van der Waals surface area contributed by atoms with Crippen LogP contribution in [0.5, 0.6) is 0 Å². The van der Waals surface area contributed by atoms with E-state index in [4.69, 9.17) is 5.11 Å². The molecule has 8 heteroatoms. The van der Waals surface area contributed by atoms with Crippen LogP contribution in [-0.2, 0) is 4.79 Å². The van der Waals surface area contributed by atoms with Crippen molar-refractivity contribution in [1.82, 2.24) is 10.2 Å². The molecule has 0 spiro atoms. The van der Waals surface area contributed by atoms with E-state index in [9.17, 15) is 22.8 Å². The van der Waals surface area contributed by atoms with Gasteiger partial charge >= 0.3 is 18.2 Å². The summed E-state index contributed by atoms with van der Waals surface area (Å²) in [7, 11) is 0. The Balaban J connectivity index is 1.96. The van der Waals surface area contributed by atoms with E-state index in [0.29, 0.717) is 19.3 Å². The molecule has 1 heterocycles. The van der Waals surface area contributed by atoms with Gasteiger partial charge < -0.3 is 15.3 Å². The molecule has 0 aromatic rings. The third-order valence-electron chi connectivity index (χ3n) is 3.82. The van der Waals surface area contributed by atoms with Crippen molar-refractivity contribution in [3.63, 3.8) is 0 Å². The minimum Gasteiger partial charge on any atom is -0.480 e. The first-order valence-electron chi connectivity index (χ1n) is 6.31. The first-order valence-corrected chi connectivity index (χ1v) is 6.31. The minimum absolute atomic E-state index is 0.0626. The largest absolute Gasteiger partial charge is 0.480 e. The number of nitrogens with one attached hydrogen (secondary N) is 1. The summed E-state index contributed by atoms with van der Waals surface area (Å²) in [5.41, 5.74) is -1.89. The molecule has 1 aliphatic carbocycles. The Labute approximate surface area is 113 Å². The van der Waals surface area contributed by atoms with Crippen LogP contribution < -0.4 is 5.32 Å². The maximum Gasteiger partial charge on any atom is 0.412 e. The fourth-order valence-corrected chi connectivity index (χ4v) is 2.32. The lowest BCUT2D eigenvalue weighted by atomic mass is 9.77. The fourth-order valence-electron chi connectivity index (χ4n) is 2.32. The van der Waals surface area contributed by atoms with Crippen LogP contribution in [-0.4, -0.2) is 46.8 Å². The first-order chi connectivity index (χ1) is 9.24. The van der Waals surface area contributed by atoms with Crippen LogP contribution >= 0.6 is 0 Å². The Hall–Kier alpha value is -1.73. The van der Waals surface area contributed by atoms with Gasteiger partial charge in [-0.05, 0) is 25.7 Å². The molecular formula is C12H15F3N2O3. The van der Waals surface area contributed by atoms with Crippen molar-refractivity contribution in [2.24, 2.45) is 0 Å². The maximum absolute atomic E-state index is 12.4. The molecule has 0 bridgehead atoms. The van der Waals surface area contributed by atoms with Gasteiger partial charge in [-0.1, -0.05) is 6.08 Å². The van der Waals surface area contributed by atoms with Crippen LogP contribution in [0.2, 0.25) is 0 Å².